The Labute approximate surface area is 190 Å². The highest BCUT2D eigenvalue weighted by atomic mass is 19.4. The molecule has 0 saturated heterocycles. The van der Waals surface area contributed by atoms with Gasteiger partial charge in [0.15, 0.2) is 0 Å². The number of carbonyl (C=O) groups is 2. The number of benzene rings is 3. The fraction of sp³-hybridized carbons (Fsp3) is 0.174. The second kappa shape index (κ2) is 9.12. The molecule has 1 aliphatic rings. The quantitative estimate of drug-likeness (QED) is 0.276. The molecule has 0 spiro atoms. The highest BCUT2D eigenvalue weighted by Gasteiger charge is 2.37. The number of amides is 2. The fourth-order valence-electron chi connectivity index (χ4n) is 3.70. The summed E-state index contributed by atoms with van der Waals surface area (Å²) in [6.07, 6.45) is -3.39. The molecule has 0 fully saturated rings. The number of hydrogen-bond donors (Lipinski definition) is 3. The van der Waals surface area contributed by atoms with Gasteiger partial charge < -0.3 is 14.9 Å². The van der Waals surface area contributed by atoms with E-state index in [4.69, 9.17) is 0 Å². The zero-order chi connectivity index (χ0) is 24.5. The molecule has 34 heavy (non-hydrogen) atoms. The van der Waals surface area contributed by atoms with Crippen molar-refractivity contribution >= 4 is 34.5 Å². The lowest BCUT2D eigenvalue weighted by Gasteiger charge is -2.32. The number of aliphatic hydroxyl groups is 2. The molecular weight excluding hydrogens is 455 g/mol. The van der Waals surface area contributed by atoms with Gasteiger partial charge in [-0.25, -0.2) is 0 Å². The summed E-state index contributed by atoms with van der Waals surface area (Å²) in [5.74, 6) is -1.61. The Kier molecular flexibility index (Phi) is 6.22. The summed E-state index contributed by atoms with van der Waals surface area (Å²) in [6, 6.07) is 12.1. The van der Waals surface area contributed by atoms with E-state index in [9.17, 15) is 33.0 Å². The lowest BCUT2D eigenvalue weighted by molar-refractivity contribution is -0.274. The molecule has 0 radical (unpaired) electrons. The van der Waals surface area contributed by atoms with Crippen molar-refractivity contribution in [3.8, 4) is 5.75 Å². The predicted molar refractivity (Wildman–Crippen MR) is 117 cm³/mol. The van der Waals surface area contributed by atoms with Crippen LogP contribution >= 0.6 is 0 Å². The van der Waals surface area contributed by atoms with E-state index >= 15 is 0 Å². The highest BCUT2D eigenvalue weighted by Crippen LogP contribution is 2.35. The smallest absolute Gasteiger partial charge is 0.406 e. The zero-order valence-electron chi connectivity index (χ0n) is 17.4. The second-order valence-electron chi connectivity index (χ2n) is 7.37. The number of hydrogen-bond acceptors (Lipinski definition) is 7. The molecule has 1 heterocycles. The monoisotopic (exact) mass is 473 g/mol. The lowest BCUT2D eigenvalue weighted by Crippen LogP contribution is -2.50. The summed E-state index contributed by atoms with van der Waals surface area (Å²) in [7, 11) is 0. The van der Waals surface area contributed by atoms with E-state index in [1.807, 2.05) is 0 Å². The summed E-state index contributed by atoms with van der Waals surface area (Å²) < 4.78 is 40.6. The molecule has 3 aromatic carbocycles. The van der Waals surface area contributed by atoms with Crippen LogP contribution in [0.4, 0.5) is 18.9 Å². The first-order chi connectivity index (χ1) is 16.2. The van der Waals surface area contributed by atoms with Crippen LogP contribution in [0.25, 0.3) is 10.8 Å². The first-order valence-corrected chi connectivity index (χ1v) is 10.0. The van der Waals surface area contributed by atoms with Crippen LogP contribution in [0, 0.1) is 0 Å². The maximum absolute atomic E-state index is 12.9. The molecule has 4 rings (SSSR count). The summed E-state index contributed by atoms with van der Waals surface area (Å²) in [6.45, 7) is -1.14. The van der Waals surface area contributed by atoms with Crippen molar-refractivity contribution in [1.29, 1.82) is 0 Å². The van der Waals surface area contributed by atoms with Gasteiger partial charge in [-0.2, -0.15) is 5.10 Å². The number of nitrogens with zero attached hydrogens (tertiary/aromatic N) is 2. The summed E-state index contributed by atoms with van der Waals surface area (Å²) in [5.41, 5.74) is 4.30. The second-order valence-corrected chi connectivity index (χ2v) is 7.37. The van der Waals surface area contributed by atoms with Gasteiger partial charge in [0.05, 0.1) is 31.2 Å². The van der Waals surface area contributed by atoms with Crippen LogP contribution < -0.4 is 10.2 Å². The van der Waals surface area contributed by atoms with Crippen molar-refractivity contribution in [3.63, 3.8) is 0 Å². The van der Waals surface area contributed by atoms with E-state index in [2.05, 4.69) is 15.3 Å². The Morgan fingerprint density at radius 3 is 2.24 bits per heavy atom. The molecule has 11 heteroatoms. The van der Waals surface area contributed by atoms with Gasteiger partial charge in [-0.1, -0.05) is 12.1 Å². The molecule has 0 atom stereocenters. The fourth-order valence-corrected chi connectivity index (χ4v) is 3.70. The molecule has 1 aliphatic heterocycles. The molecule has 0 aromatic heterocycles. The van der Waals surface area contributed by atoms with Crippen molar-refractivity contribution in [2.75, 3.05) is 18.6 Å². The van der Waals surface area contributed by atoms with E-state index in [0.29, 0.717) is 22.0 Å². The van der Waals surface area contributed by atoms with Crippen molar-refractivity contribution in [3.05, 3.63) is 71.3 Å². The van der Waals surface area contributed by atoms with Gasteiger partial charge >= 0.3 is 6.36 Å². The molecule has 3 aromatic rings. The lowest BCUT2D eigenvalue weighted by atomic mass is 9.92. The topological polar surface area (TPSA) is 111 Å². The van der Waals surface area contributed by atoms with E-state index in [0.717, 1.165) is 17.0 Å². The van der Waals surface area contributed by atoms with Crippen LogP contribution in [0.2, 0.25) is 0 Å². The number of carbonyl (C=O) groups excluding carboxylic acids is 2. The summed E-state index contributed by atoms with van der Waals surface area (Å²) >= 11 is 0. The first kappa shape index (κ1) is 23.2. The van der Waals surface area contributed by atoms with Crippen molar-refractivity contribution < 1.29 is 37.7 Å². The number of nitrogens with one attached hydrogen (secondary N) is 1. The Morgan fingerprint density at radius 2 is 1.62 bits per heavy atom. The SMILES string of the molecule is O=C1c2cccc3c(N/N=C/c4ccc(OC(F)(F)F)cc4)ccc(c23)C(=O)N1C(CO)CO. The third-order valence-corrected chi connectivity index (χ3v) is 5.24. The maximum Gasteiger partial charge on any atom is 0.573 e. The minimum atomic E-state index is -4.78. The summed E-state index contributed by atoms with van der Waals surface area (Å²) in [5, 5.41) is 24.0. The number of anilines is 1. The van der Waals surface area contributed by atoms with Crippen LogP contribution in [0.5, 0.6) is 5.75 Å². The van der Waals surface area contributed by atoms with Crippen LogP contribution in [0.1, 0.15) is 26.3 Å². The Morgan fingerprint density at radius 1 is 0.971 bits per heavy atom. The molecule has 0 aliphatic carbocycles. The molecule has 0 bridgehead atoms. The molecule has 3 N–H and O–H groups in total. The van der Waals surface area contributed by atoms with Crippen LogP contribution in [0.3, 0.4) is 0 Å². The van der Waals surface area contributed by atoms with Gasteiger partial charge in [0.1, 0.15) is 5.75 Å². The molecule has 2 amide bonds. The number of hydrazone groups is 1. The third-order valence-electron chi connectivity index (χ3n) is 5.24. The van der Waals surface area contributed by atoms with Crippen LogP contribution in [-0.4, -0.2) is 58.8 Å². The third kappa shape index (κ3) is 4.43. The average molecular weight is 473 g/mol. The number of aliphatic hydroxyl groups excluding tert-OH is 2. The van der Waals surface area contributed by atoms with Gasteiger partial charge in [-0.3, -0.25) is 19.9 Å². The van der Waals surface area contributed by atoms with Crippen LogP contribution in [0.15, 0.2) is 59.7 Å². The molecule has 176 valence electrons. The largest absolute Gasteiger partial charge is 0.573 e. The number of halogens is 3. The molecule has 8 nitrogen and oxygen atoms in total. The van der Waals surface area contributed by atoms with Crippen molar-refractivity contribution in [1.82, 2.24) is 4.90 Å². The van der Waals surface area contributed by atoms with Crippen LogP contribution in [-0.2, 0) is 0 Å². The summed E-state index contributed by atoms with van der Waals surface area (Å²) in [4.78, 5) is 26.8. The van der Waals surface area contributed by atoms with Crippen molar-refractivity contribution in [2.24, 2.45) is 5.10 Å². The highest BCUT2D eigenvalue weighted by molar-refractivity contribution is 6.27. The maximum atomic E-state index is 12.9. The van der Waals surface area contributed by atoms with Gasteiger partial charge in [0.25, 0.3) is 11.8 Å². The minimum absolute atomic E-state index is 0.242. The predicted octanol–water partition coefficient (Wildman–Crippen LogP) is 3.13. The van der Waals surface area contributed by atoms with E-state index in [-0.39, 0.29) is 16.9 Å². The van der Waals surface area contributed by atoms with Gasteiger partial charge in [-0.15, -0.1) is 13.2 Å². The molecular formula is C23H18F3N3O5. The standard InChI is InChI=1S/C23H18F3N3O5/c24-23(25,26)34-15-6-4-13(5-7-15)10-27-28-19-9-8-18-20-16(19)2-1-3-17(20)21(32)29(22(18)33)14(11-30)12-31/h1-10,14,28,30-31H,11-12H2/b27-10+. The number of alkyl halides is 3. The molecule has 0 saturated carbocycles. The van der Waals surface area contributed by atoms with E-state index in [1.54, 1.807) is 24.3 Å². The normalized spacial score (nSPS) is 13.9. The van der Waals surface area contributed by atoms with Crippen molar-refractivity contribution in [2.45, 2.75) is 12.4 Å². The van der Waals surface area contributed by atoms with E-state index < -0.39 is 37.4 Å². The Bertz CT molecular complexity index is 1250. The number of rotatable bonds is 7. The average Bonchev–Trinajstić information content (AvgIpc) is 2.81. The zero-order valence-corrected chi connectivity index (χ0v) is 17.4. The molecule has 0 unspecified atom stereocenters. The number of ether oxygens (including phenoxy) is 1. The van der Waals surface area contributed by atoms with Gasteiger partial charge in [0, 0.05) is 21.9 Å². The number of imide groups is 1. The Hall–Kier alpha value is -3.96. The Balaban J connectivity index is 1.60. The first-order valence-electron chi connectivity index (χ1n) is 10.0. The minimum Gasteiger partial charge on any atom is -0.406 e. The van der Waals surface area contributed by atoms with Gasteiger partial charge in [-0.05, 0) is 48.0 Å². The van der Waals surface area contributed by atoms with Gasteiger partial charge in [0.2, 0.25) is 0 Å². The van der Waals surface area contributed by atoms with E-state index in [1.165, 1.54) is 24.4 Å².